The van der Waals surface area contributed by atoms with Gasteiger partial charge in [-0.25, -0.2) is 0 Å². The molecule has 1 amide bonds. The number of carbonyl (C=O) groups excluding carboxylic acids is 1. The number of benzene rings is 2. The summed E-state index contributed by atoms with van der Waals surface area (Å²) in [5.74, 6) is 0.799. The average molecular weight is 447 g/mol. The minimum atomic E-state index is -0.0735. The van der Waals surface area contributed by atoms with Gasteiger partial charge in [-0.3, -0.25) is 9.36 Å². The molecule has 0 saturated carbocycles. The number of thioether (sulfide) groups is 1. The molecule has 150 valence electrons. The summed E-state index contributed by atoms with van der Waals surface area (Å²) < 4.78 is 1.89. The van der Waals surface area contributed by atoms with Crippen molar-refractivity contribution >= 4 is 40.9 Å². The maximum absolute atomic E-state index is 12.4. The lowest BCUT2D eigenvalue weighted by molar-refractivity contribution is -0.119. The molecule has 0 saturated heterocycles. The summed E-state index contributed by atoms with van der Waals surface area (Å²) in [5.41, 5.74) is 1.85. The van der Waals surface area contributed by atoms with Gasteiger partial charge in [0, 0.05) is 12.1 Å². The van der Waals surface area contributed by atoms with E-state index in [-0.39, 0.29) is 17.7 Å². The minimum Gasteiger partial charge on any atom is -0.349 e. The third-order valence-electron chi connectivity index (χ3n) is 4.22. The second-order valence-corrected chi connectivity index (χ2v) is 8.08. The van der Waals surface area contributed by atoms with Crippen molar-refractivity contribution in [3.63, 3.8) is 0 Å². The van der Waals surface area contributed by atoms with E-state index >= 15 is 0 Å². The summed E-state index contributed by atoms with van der Waals surface area (Å²) in [6.07, 6.45) is 1.76. The van der Waals surface area contributed by atoms with Gasteiger partial charge in [0.2, 0.25) is 5.91 Å². The molecule has 0 spiro atoms. The predicted octanol–water partition coefficient (Wildman–Crippen LogP) is 5.41. The first-order chi connectivity index (χ1) is 14.0. The molecule has 1 atom stereocenters. The molecule has 3 rings (SSSR count). The number of nitrogens with one attached hydrogen (secondary N) is 1. The summed E-state index contributed by atoms with van der Waals surface area (Å²) in [7, 11) is 0. The first-order valence-electron chi connectivity index (χ1n) is 8.96. The van der Waals surface area contributed by atoms with Crippen LogP contribution in [0.1, 0.15) is 18.5 Å². The molecule has 1 unspecified atom stereocenters. The first-order valence-corrected chi connectivity index (χ1v) is 10.7. The van der Waals surface area contributed by atoms with Crippen molar-refractivity contribution in [3.05, 3.63) is 76.8 Å². The molecule has 2 aromatic carbocycles. The van der Waals surface area contributed by atoms with Crippen LogP contribution in [-0.2, 0) is 11.3 Å². The van der Waals surface area contributed by atoms with E-state index in [9.17, 15) is 4.79 Å². The van der Waals surface area contributed by atoms with Crippen molar-refractivity contribution in [2.24, 2.45) is 0 Å². The van der Waals surface area contributed by atoms with E-state index in [0.29, 0.717) is 27.6 Å². The molecular formula is C21H20Cl2N4OS. The van der Waals surface area contributed by atoms with Crippen LogP contribution in [-0.4, -0.2) is 26.4 Å². The number of hydrogen-bond acceptors (Lipinski definition) is 4. The Morgan fingerprint density at radius 2 is 1.97 bits per heavy atom. The fraction of sp³-hybridized carbons (Fsp3) is 0.190. The van der Waals surface area contributed by atoms with Crippen molar-refractivity contribution < 1.29 is 4.79 Å². The van der Waals surface area contributed by atoms with Gasteiger partial charge in [-0.15, -0.1) is 16.8 Å². The van der Waals surface area contributed by atoms with E-state index < -0.39 is 0 Å². The van der Waals surface area contributed by atoms with Gasteiger partial charge >= 0.3 is 0 Å². The van der Waals surface area contributed by atoms with Crippen LogP contribution in [0.3, 0.4) is 0 Å². The monoisotopic (exact) mass is 446 g/mol. The molecule has 29 heavy (non-hydrogen) atoms. The first kappa shape index (κ1) is 21.4. The Hall–Kier alpha value is -2.28. The van der Waals surface area contributed by atoms with E-state index in [1.807, 2.05) is 47.9 Å². The molecule has 1 aromatic heterocycles. The Kier molecular flexibility index (Phi) is 7.36. The van der Waals surface area contributed by atoms with Gasteiger partial charge in [0.05, 0.1) is 21.8 Å². The zero-order valence-corrected chi connectivity index (χ0v) is 18.1. The number of hydrogen-bond donors (Lipinski definition) is 1. The zero-order chi connectivity index (χ0) is 20.8. The van der Waals surface area contributed by atoms with Gasteiger partial charge in [-0.1, -0.05) is 71.4 Å². The topological polar surface area (TPSA) is 59.8 Å². The number of halogens is 2. The Bertz CT molecular complexity index is 1010. The van der Waals surface area contributed by atoms with E-state index in [0.717, 1.165) is 11.1 Å². The number of rotatable bonds is 8. The highest BCUT2D eigenvalue weighted by atomic mass is 35.5. The number of allylic oxidation sites excluding steroid dienone is 1. The summed E-state index contributed by atoms with van der Waals surface area (Å²) in [4.78, 5) is 12.4. The highest BCUT2D eigenvalue weighted by Gasteiger charge is 2.16. The van der Waals surface area contributed by atoms with E-state index in [1.165, 1.54) is 11.8 Å². The molecule has 0 aliphatic rings. The normalized spacial score (nSPS) is 11.8. The molecule has 3 aromatic rings. The molecule has 1 heterocycles. The third kappa shape index (κ3) is 5.41. The van der Waals surface area contributed by atoms with Crippen LogP contribution in [0.4, 0.5) is 0 Å². The van der Waals surface area contributed by atoms with Crippen LogP contribution in [0.15, 0.2) is 66.3 Å². The number of carbonyl (C=O) groups is 1. The summed E-state index contributed by atoms with van der Waals surface area (Å²) in [5, 5.41) is 13.1. The smallest absolute Gasteiger partial charge is 0.230 e. The summed E-state index contributed by atoms with van der Waals surface area (Å²) in [6, 6.07) is 15.1. The largest absolute Gasteiger partial charge is 0.349 e. The second kappa shape index (κ2) is 9.96. The van der Waals surface area contributed by atoms with Gasteiger partial charge in [-0.05, 0) is 30.7 Å². The predicted molar refractivity (Wildman–Crippen MR) is 119 cm³/mol. The molecule has 0 bridgehead atoms. The van der Waals surface area contributed by atoms with Crippen molar-refractivity contribution in [2.45, 2.75) is 24.7 Å². The Morgan fingerprint density at radius 3 is 2.66 bits per heavy atom. The summed E-state index contributed by atoms with van der Waals surface area (Å²) >= 11 is 13.5. The highest BCUT2D eigenvalue weighted by Crippen LogP contribution is 2.29. The van der Waals surface area contributed by atoms with Crippen LogP contribution in [0.25, 0.3) is 11.4 Å². The van der Waals surface area contributed by atoms with Crippen molar-refractivity contribution in [1.29, 1.82) is 0 Å². The van der Waals surface area contributed by atoms with Crippen LogP contribution in [0.5, 0.6) is 0 Å². The maximum Gasteiger partial charge on any atom is 0.230 e. The Labute approximate surface area is 184 Å². The van der Waals surface area contributed by atoms with E-state index in [4.69, 9.17) is 23.2 Å². The summed E-state index contributed by atoms with van der Waals surface area (Å²) in [6.45, 7) is 6.26. The Morgan fingerprint density at radius 1 is 1.21 bits per heavy atom. The van der Waals surface area contributed by atoms with Crippen LogP contribution in [0, 0.1) is 0 Å². The minimum absolute atomic E-state index is 0.0675. The van der Waals surface area contributed by atoms with Crippen LogP contribution < -0.4 is 5.32 Å². The van der Waals surface area contributed by atoms with E-state index in [2.05, 4.69) is 22.1 Å². The van der Waals surface area contributed by atoms with Crippen molar-refractivity contribution in [2.75, 3.05) is 5.75 Å². The van der Waals surface area contributed by atoms with Crippen LogP contribution in [0.2, 0.25) is 10.0 Å². The third-order valence-corrected chi connectivity index (χ3v) is 5.92. The SMILES string of the molecule is C=CCn1c(SCC(=O)NC(C)c2ccccc2)nnc1-c1ccc(Cl)c(Cl)c1. The fourth-order valence-electron chi connectivity index (χ4n) is 2.78. The molecule has 0 aliphatic carbocycles. The van der Waals surface area contributed by atoms with Crippen LogP contribution >= 0.6 is 35.0 Å². The van der Waals surface area contributed by atoms with E-state index in [1.54, 1.807) is 18.2 Å². The molecule has 8 heteroatoms. The molecule has 0 fully saturated rings. The standard InChI is InChI=1S/C21H20Cl2N4OS/c1-3-11-27-20(16-9-10-17(22)18(23)12-16)25-26-21(27)29-13-19(28)24-14(2)15-7-5-4-6-8-15/h3-10,12,14H,1,11,13H2,2H3,(H,24,28). The van der Waals surface area contributed by atoms with Gasteiger partial charge < -0.3 is 5.32 Å². The zero-order valence-electron chi connectivity index (χ0n) is 15.8. The maximum atomic E-state index is 12.4. The van der Waals surface area contributed by atoms with Gasteiger partial charge in [0.15, 0.2) is 11.0 Å². The lowest BCUT2D eigenvalue weighted by Crippen LogP contribution is -2.28. The molecule has 0 aliphatic heterocycles. The number of nitrogens with zero attached hydrogens (tertiary/aromatic N) is 3. The average Bonchev–Trinajstić information content (AvgIpc) is 3.12. The molecule has 0 radical (unpaired) electrons. The molecule has 1 N–H and O–H groups in total. The lowest BCUT2D eigenvalue weighted by Gasteiger charge is -2.14. The molecule has 5 nitrogen and oxygen atoms in total. The quantitative estimate of drug-likeness (QED) is 0.371. The van der Waals surface area contributed by atoms with Gasteiger partial charge in [0.25, 0.3) is 0 Å². The molecular weight excluding hydrogens is 427 g/mol. The number of amides is 1. The Balaban J connectivity index is 1.70. The fourth-order valence-corrected chi connectivity index (χ4v) is 3.83. The number of aromatic nitrogens is 3. The van der Waals surface area contributed by atoms with Gasteiger partial charge in [-0.2, -0.15) is 0 Å². The van der Waals surface area contributed by atoms with Crippen molar-refractivity contribution in [3.8, 4) is 11.4 Å². The highest BCUT2D eigenvalue weighted by molar-refractivity contribution is 7.99. The second-order valence-electron chi connectivity index (χ2n) is 6.32. The van der Waals surface area contributed by atoms with Crippen molar-refractivity contribution in [1.82, 2.24) is 20.1 Å². The van der Waals surface area contributed by atoms with Gasteiger partial charge in [0.1, 0.15) is 0 Å². The lowest BCUT2D eigenvalue weighted by atomic mass is 10.1.